The molecule has 2 heterocycles. The largest absolute Gasteiger partial charge is 0.340 e. The minimum Gasteiger partial charge on any atom is -0.340 e. The number of anilines is 5. The van der Waals surface area contributed by atoms with Crippen LogP contribution in [0.25, 0.3) is 0 Å². The summed E-state index contributed by atoms with van der Waals surface area (Å²) < 4.78 is 53.9. The van der Waals surface area contributed by atoms with Crippen LogP contribution in [0.15, 0.2) is 77.8 Å². The first-order chi connectivity index (χ1) is 15.8. The van der Waals surface area contributed by atoms with E-state index >= 15 is 0 Å². The monoisotopic (exact) mass is 468 g/mol. The molecule has 168 valence electrons. The molecule has 3 N–H and O–H groups in total. The smallest absolute Gasteiger partial charge is 0.262 e. The molecule has 0 radical (unpaired) electrons. The molecule has 2 aromatic carbocycles. The van der Waals surface area contributed by atoms with Crippen LogP contribution in [0.4, 0.5) is 37.6 Å². The summed E-state index contributed by atoms with van der Waals surface area (Å²) in [6, 6.07) is 15.6. The van der Waals surface area contributed by atoms with Crippen molar-refractivity contribution in [3.8, 4) is 0 Å². The third kappa shape index (κ3) is 5.77. The maximum atomic E-state index is 13.4. The molecule has 2 aromatic heterocycles. The van der Waals surface area contributed by atoms with Crippen LogP contribution in [0, 0.1) is 18.6 Å². The van der Waals surface area contributed by atoms with Gasteiger partial charge in [0.25, 0.3) is 10.0 Å². The van der Waals surface area contributed by atoms with Gasteiger partial charge in [0.15, 0.2) is 0 Å². The number of pyridine rings is 1. The van der Waals surface area contributed by atoms with E-state index in [1.807, 2.05) is 18.2 Å². The highest BCUT2D eigenvalue weighted by Crippen LogP contribution is 2.23. The molecular formula is C22H18F2N6O2S. The first-order valence-corrected chi connectivity index (χ1v) is 11.1. The number of rotatable bonds is 7. The molecule has 0 aliphatic rings. The Hall–Kier alpha value is -4.12. The summed E-state index contributed by atoms with van der Waals surface area (Å²) in [5, 5.41) is 6.22. The highest BCUT2D eigenvalue weighted by atomic mass is 32.2. The Morgan fingerprint density at radius 2 is 1.39 bits per heavy atom. The van der Waals surface area contributed by atoms with Crippen LogP contribution >= 0.6 is 0 Å². The molecule has 0 saturated heterocycles. The average Bonchev–Trinajstić information content (AvgIpc) is 2.75. The lowest BCUT2D eigenvalue weighted by molar-refractivity contribution is 0.568. The van der Waals surface area contributed by atoms with E-state index in [9.17, 15) is 17.2 Å². The van der Waals surface area contributed by atoms with Crippen LogP contribution in [-0.2, 0) is 10.0 Å². The summed E-state index contributed by atoms with van der Waals surface area (Å²) in [5.74, 6) is 0.278. The van der Waals surface area contributed by atoms with Crippen molar-refractivity contribution in [1.82, 2.24) is 15.0 Å². The summed E-state index contributed by atoms with van der Waals surface area (Å²) in [7, 11) is -4.16. The Morgan fingerprint density at radius 1 is 0.758 bits per heavy atom. The molecular weight excluding hydrogens is 450 g/mol. The highest BCUT2D eigenvalue weighted by Gasteiger charge is 2.16. The number of sulfonamides is 1. The molecule has 0 saturated carbocycles. The summed E-state index contributed by atoms with van der Waals surface area (Å²) >= 11 is 0. The zero-order chi connectivity index (χ0) is 23.4. The van der Waals surface area contributed by atoms with E-state index in [4.69, 9.17) is 0 Å². The number of hydrogen-bond donors (Lipinski definition) is 3. The van der Waals surface area contributed by atoms with Gasteiger partial charge in [-0.25, -0.2) is 32.2 Å². The van der Waals surface area contributed by atoms with Gasteiger partial charge in [0.2, 0.25) is 0 Å². The fourth-order valence-corrected chi connectivity index (χ4v) is 4.03. The van der Waals surface area contributed by atoms with E-state index in [1.54, 1.807) is 31.3 Å². The van der Waals surface area contributed by atoms with Crippen LogP contribution in [-0.4, -0.2) is 23.4 Å². The third-order valence-corrected chi connectivity index (χ3v) is 5.68. The minimum atomic E-state index is -4.16. The van der Waals surface area contributed by atoms with Crippen LogP contribution in [0.5, 0.6) is 0 Å². The Morgan fingerprint density at radius 3 is 2.03 bits per heavy atom. The highest BCUT2D eigenvalue weighted by molar-refractivity contribution is 7.92. The predicted octanol–water partition coefficient (Wildman–Crippen LogP) is 4.75. The standard InChI is InChI=1S/C22H18F2N6O2S/c1-14-26-21(13-22(27-14)29-20-4-2-3-9-25-20)28-17-5-7-18(8-6-17)30-33(31,32)19-11-15(23)10-16(24)12-19/h2-13,30H,1H3,(H2,25,26,27,28,29). The zero-order valence-corrected chi connectivity index (χ0v) is 18.1. The molecule has 4 aromatic rings. The second-order valence-corrected chi connectivity index (χ2v) is 8.62. The number of aryl methyl sites for hydroxylation is 1. The van der Waals surface area contributed by atoms with Gasteiger partial charge in [0.1, 0.15) is 34.9 Å². The van der Waals surface area contributed by atoms with Crippen molar-refractivity contribution in [2.45, 2.75) is 11.8 Å². The van der Waals surface area contributed by atoms with Crippen LogP contribution in [0.2, 0.25) is 0 Å². The normalized spacial score (nSPS) is 11.1. The fraction of sp³-hybridized carbons (Fsp3) is 0.0455. The molecule has 0 fully saturated rings. The molecule has 0 aliphatic carbocycles. The number of hydrogen-bond acceptors (Lipinski definition) is 7. The Kier molecular flexibility index (Phi) is 6.13. The maximum Gasteiger partial charge on any atom is 0.262 e. The van der Waals surface area contributed by atoms with Crippen molar-refractivity contribution in [3.05, 3.63) is 90.4 Å². The van der Waals surface area contributed by atoms with Gasteiger partial charge in [0.05, 0.1) is 4.90 Å². The summed E-state index contributed by atoms with van der Waals surface area (Å²) in [6.45, 7) is 1.75. The van der Waals surface area contributed by atoms with Crippen LogP contribution < -0.4 is 15.4 Å². The SMILES string of the molecule is Cc1nc(Nc2ccc(NS(=O)(=O)c3cc(F)cc(F)c3)cc2)cc(Nc2ccccn2)n1. The zero-order valence-electron chi connectivity index (χ0n) is 17.3. The van der Waals surface area contributed by atoms with Gasteiger partial charge in [-0.1, -0.05) is 6.07 Å². The van der Waals surface area contributed by atoms with Crippen molar-refractivity contribution >= 4 is 38.9 Å². The fourth-order valence-electron chi connectivity index (χ4n) is 2.93. The number of nitrogens with one attached hydrogen (secondary N) is 3. The molecule has 0 spiro atoms. The van der Waals surface area contributed by atoms with Crippen molar-refractivity contribution in [1.29, 1.82) is 0 Å². The Balaban J connectivity index is 1.47. The van der Waals surface area contributed by atoms with E-state index in [1.165, 1.54) is 12.1 Å². The third-order valence-electron chi connectivity index (χ3n) is 4.31. The van der Waals surface area contributed by atoms with Crippen LogP contribution in [0.3, 0.4) is 0 Å². The van der Waals surface area contributed by atoms with E-state index in [2.05, 4.69) is 30.3 Å². The van der Waals surface area contributed by atoms with Crippen LogP contribution in [0.1, 0.15) is 5.82 Å². The Labute approximate surface area is 188 Å². The summed E-state index contributed by atoms with van der Waals surface area (Å²) in [4.78, 5) is 12.4. The molecule has 11 heteroatoms. The summed E-state index contributed by atoms with van der Waals surface area (Å²) in [6.07, 6.45) is 1.66. The Bertz CT molecular complexity index is 1360. The number of nitrogens with zero attached hydrogens (tertiary/aromatic N) is 3. The molecule has 4 rings (SSSR count). The lowest BCUT2D eigenvalue weighted by Gasteiger charge is -2.11. The lowest BCUT2D eigenvalue weighted by atomic mass is 10.3. The number of benzene rings is 2. The second-order valence-electron chi connectivity index (χ2n) is 6.94. The van der Waals surface area contributed by atoms with E-state index in [0.29, 0.717) is 35.0 Å². The lowest BCUT2D eigenvalue weighted by Crippen LogP contribution is -2.13. The maximum absolute atomic E-state index is 13.4. The molecule has 0 amide bonds. The second kappa shape index (κ2) is 9.17. The van der Waals surface area contributed by atoms with Gasteiger partial charge < -0.3 is 10.6 Å². The van der Waals surface area contributed by atoms with E-state index < -0.39 is 26.6 Å². The molecule has 0 unspecified atom stereocenters. The molecule has 33 heavy (non-hydrogen) atoms. The molecule has 0 atom stereocenters. The van der Waals surface area contributed by atoms with Gasteiger partial charge in [-0.3, -0.25) is 4.72 Å². The average molecular weight is 468 g/mol. The van der Waals surface area contributed by atoms with Crippen molar-refractivity contribution in [3.63, 3.8) is 0 Å². The quantitative estimate of drug-likeness (QED) is 0.359. The van der Waals surface area contributed by atoms with Gasteiger partial charge >= 0.3 is 0 Å². The number of halogens is 2. The first-order valence-electron chi connectivity index (χ1n) is 9.67. The van der Waals surface area contributed by atoms with Gasteiger partial charge in [-0.05, 0) is 55.5 Å². The van der Waals surface area contributed by atoms with Crippen molar-refractivity contribution < 1.29 is 17.2 Å². The molecule has 0 aliphatic heterocycles. The molecule has 8 nitrogen and oxygen atoms in total. The van der Waals surface area contributed by atoms with Gasteiger partial charge in [-0.2, -0.15) is 0 Å². The van der Waals surface area contributed by atoms with Gasteiger partial charge in [0, 0.05) is 29.7 Å². The van der Waals surface area contributed by atoms with Crippen molar-refractivity contribution in [2.24, 2.45) is 0 Å². The predicted molar refractivity (Wildman–Crippen MR) is 121 cm³/mol. The van der Waals surface area contributed by atoms with Gasteiger partial charge in [-0.15, -0.1) is 0 Å². The topological polar surface area (TPSA) is 109 Å². The van der Waals surface area contributed by atoms with Crippen molar-refractivity contribution in [2.75, 3.05) is 15.4 Å². The first kappa shape index (κ1) is 22.1. The summed E-state index contributed by atoms with van der Waals surface area (Å²) in [5.41, 5.74) is 0.859. The van der Waals surface area contributed by atoms with E-state index in [-0.39, 0.29) is 5.69 Å². The van der Waals surface area contributed by atoms with E-state index in [0.717, 1.165) is 12.1 Å². The molecule has 0 bridgehead atoms. The minimum absolute atomic E-state index is 0.224. The number of aromatic nitrogens is 3.